The lowest BCUT2D eigenvalue weighted by atomic mass is 10.1. The van der Waals surface area contributed by atoms with Crippen LogP contribution in [-0.4, -0.2) is 38.1 Å². The zero-order chi connectivity index (χ0) is 8.27. The highest BCUT2D eigenvalue weighted by atomic mass is 79.9. The zero-order valence-electron chi connectivity index (χ0n) is 7.37. The van der Waals surface area contributed by atoms with Crippen molar-refractivity contribution < 1.29 is 9.53 Å². The molecule has 0 spiro atoms. The zero-order valence-corrected chi connectivity index (χ0v) is 9.08. The lowest BCUT2D eigenvalue weighted by Crippen LogP contribution is -2.28. The largest absolute Gasteiger partial charge is 0.466 e. The van der Waals surface area contributed by atoms with E-state index in [1.54, 1.807) is 0 Å². The van der Waals surface area contributed by atoms with E-state index in [0.29, 0.717) is 6.54 Å². The number of halogens is 1. The van der Waals surface area contributed by atoms with Gasteiger partial charge in [0.25, 0.3) is 0 Å². The summed E-state index contributed by atoms with van der Waals surface area (Å²) >= 11 is 0. The van der Waals surface area contributed by atoms with Crippen LogP contribution < -0.4 is 0 Å². The fourth-order valence-electron chi connectivity index (χ4n) is 1.17. The molecule has 0 aromatic carbocycles. The second-order valence-corrected chi connectivity index (χ2v) is 2.75. The Morgan fingerprint density at radius 2 is 2.33 bits per heavy atom. The minimum absolute atomic E-state index is 0. The number of carbonyl (C=O) groups excluding carboxylic acids is 1. The molecule has 0 N–H and O–H groups in total. The van der Waals surface area contributed by atoms with Crippen LogP contribution in [0, 0.1) is 0 Å². The third-order valence-corrected chi connectivity index (χ3v) is 1.79. The number of esters is 1. The van der Waals surface area contributed by atoms with Gasteiger partial charge in [0.15, 0.2) is 0 Å². The van der Waals surface area contributed by atoms with Crippen molar-refractivity contribution in [2.75, 3.05) is 27.2 Å². The molecule has 0 unspecified atom stereocenters. The van der Waals surface area contributed by atoms with Gasteiger partial charge in [-0.25, -0.2) is 4.79 Å². The lowest BCUT2D eigenvalue weighted by molar-refractivity contribution is -0.136. The van der Waals surface area contributed by atoms with E-state index in [9.17, 15) is 4.79 Å². The summed E-state index contributed by atoms with van der Waals surface area (Å²) < 4.78 is 4.60. The third-order valence-electron chi connectivity index (χ3n) is 1.79. The summed E-state index contributed by atoms with van der Waals surface area (Å²) in [4.78, 5) is 13.1. The molecular formula is C8H14BrNO2. The number of ether oxygens (including phenoxy) is 1. The summed E-state index contributed by atoms with van der Waals surface area (Å²) in [6, 6.07) is 0. The van der Waals surface area contributed by atoms with E-state index in [-0.39, 0.29) is 23.0 Å². The van der Waals surface area contributed by atoms with Crippen LogP contribution in [0.3, 0.4) is 0 Å². The highest BCUT2D eigenvalue weighted by Crippen LogP contribution is 2.08. The normalized spacial score (nSPS) is 17.7. The first kappa shape index (κ1) is 11.6. The van der Waals surface area contributed by atoms with Crippen molar-refractivity contribution in [3.05, 3.63) is 11.6 Å². The van der Waals surface area contributed by atoms with Crippen molar-refractivity contribution in [1.82, 2.24) is 4.90 Å². The monoisotopic (exact) mass is 235 g/mol. The third kappa shape index (κ3) is 2.95. The molecule has 3 nitrogen and oxygen atoms in total. The SMILES string of the molecule is Br.COC(=O)C1=CCCN(C)C1. The van der Waals surface area contributed by atoms with Crippen LogP contribution in [0.25, 0.3) is 0 Å². The van der Waals surface area contributed by atoms with Crippen molar-refractivity contribution in [2.24, 2.45) is 0 Å². The van der Waals surface area contributed by atoms with Gasteiger partial charge in [-0.05, 0) is 13.5 Å². The van der Waals surface area contributed by atoms with Gasteiger partial charge in [-0.2, -0.15) is 0 Å². The fourth-order valence-corrected chi connectivity index (χ4v) is 1.17. The van der Waals surface area contributed by atoms with Crippen molar-refractivity contribution in [1.29, 1.82) is 0 Å². The Hall–Kier alpha value is -0.350. The smallest absolute Gasteiger partial charge is 0.334 e. The molecule has 0 aromatic rings. The first-order valence-electron chi connectivity index (χ1n) is 3.70. The van der Waals surface area contributed by atoms with Gasteiger partial charge in [0, 0.05) is 18.7 Å². The van der Waals surface area contributed by atoms with E-state index in [1.807, 2.05) is 13.1 Å². The topological polar surface area (TPSA) is 29.5 Å². The second-order valence-electron chi connectivity index (χ2n) is 2.75. The van der Waals surface area contributed by atoms with Gasteiger partial charge in [-0.1, -0.05) is 6.08 Å². The Labute approximate surface area is 83.1 Å². The molecule has 0 amide bonds. The molecule has 70 valence electrons. The van der Waals surface area contributed by atoms with E-state index in [0.717, 1.165) is 18.5 Å². The molecule has 0 aromatic heterocycles. The Morgan fingerprint density at radius 1 is 1.67 bits per heavy atom. The summed E-state index contributed by atoms with van der Waals surface area (Å²) in [7, 11) is 3.41. The average Bonchev–Trinajstić information content (AvgIpc) is 2.03. The van der Waals surface area contributed by atoms with Gasteiger partial charge in [0.1, 0.15) is 0 Å². The minimum Gasteiger partial charge on any atom is -0.466 e. The Bertz CT molecular complexity index is 191. The summed E-state index contributed by atoms with van der Waals surface area (Å²) in [5, 5.41) is 0. The van der Waals surface area contributed by atoms with Crippen LogP contribution in [-0.2, 0) is 9.53 Å². The second kappa shape index (κ2) is 5.32. The molecule has 1 aliphatic rings. The van der Waals surface area contributed by atoms with Crippen molar-refractivity contribution in [2.45, 2.75) is 6.42 Å². The Kier molecular flexibility index (Phi) is 5.17. The summed E-state index contributed by atoms with van der Waals surface area (Å²) in [5.41, 5.74) is 0.779. The molecule has 0 bridgehead atoms. The van der Waals surface area contributed by atoms with Crippen LogP contribution in [0.15, 0.2) is 11.6 Å². The number of nitrogens with zero attached hydrogens (tertiary/aromatic N) is 1. The van der Waals surface area contributed by atoms with Crippen LogP contribution in [0.4, 0.5) is 0 Å². The summed E-state index contributed by atoms with van der Waals surface area (Å²) in [5.74, 6) is -0.198. The van der Waals surface area contributed by atoms with Gasteiger partial charge in [0.05, 0.1) is 7.11 Å². The molecule has 12 heavy (non-hydrogen) atoms. The van der Waals surface area contributed by atoms with Gasteiger partial charge < -0.3 is 9.64 Å². The quantitative estimate of drug-likeness (QED) is 0.636. The van der Waals surface area contributed by atoms with Gasteiger partial charge in [0.2, 0.25) is 0 Å². The standard InChI is InChI=1S/C8H13NO2.BrH/c1-9-5-3-4-7(6-9)8(10)11-2;/h4H,3,5-6H2,1-2H3;1H. The van der Waals surface area contributed by atoms with E-state index >= 15 is 0 Å². The lowest BCUT2D eigenvalue weighted by Gasteiger charge is -2.21. The van der Waals surface area contributed by atoms with E-state index in [1.165, 1.54) is 7.11 Å². The molecule has 0 aliphatic carbocycles. The molecule has 4 heteroatoms. The van der Waals surface area contributed by atoms with Crippen molar-refractivity contribution in [3.8, 4) is 0 Å². The predicted octanol–water partition coefficient (Wildman–Crippen LogP) is 0.999. The summed E-state index contributed by atoms with van der Waals surface area (Å²) in [6.45, 7) is 1.74. The predicted molar refractivity (Wildman–Crippen MR) is 52.5 cm³/mol. The maximum Gasteiger partial charge on any atom is 0.334 e. The summed E-state index contributed by atoms with van der Waals surface area (Å²) in [6.07, 6.45) is 2.90. The van der Waals surface area contributed by atoms with Gasteiger partial charge >= 0.3 is 5.97 Å². The molecule has 1 heterocycles. The van der Waals surface area contributed by atoms with Gasteiger partial charge in [-0.3, -0.25) is 0 Å². The van der Waals surface area contributed by atoms with Crippen LogP contribution in [0.1, 0.15) is 6.42 Å². The number of hydrogen-bond acceptors (Lipinski definition) is 3. The number of carbonyl (C=O) groups is 1. The molecule has 0 saturated carbocycles. The number of likely N-dealkylation sites (N-methyl/N-ethyl adjacent to an activating group) is 1. The van der Waals surface area contributed by atoms with Gasteiger partial charge in [-0.15, -0.1) is 17.0 Å². The maximum absolute atomic E-state index is 11.0. The highest BCUT2D eigenvalue weighted by Gasteiger charge is 2.14. The number of hydrogen-bond donors (Lipinski definition) is 0. The van der Waals surface area contributed by atoms with E-state index in [4.69, 9.17) is 0 Å². The van der Waals surface area contributed by atoms with Crippen molar-refractivity contribution in [3.63, 3.8) is 0 Å². The van der Waals surface area contributed by atoms with Crippen LogP contribution in [0.2, 0.25) is 0 Å². The molecule has 0 atom stereocenters. The Balaban J connectivity index is 0.00000121. The van der Waals surface area contributed by atoms with E-state index < -0.39 is 0 Å². The molecule has 1 rings (SSSR count). The maximum atomic E-state index is 11.0. The molecule has 0 saturated heterocycles. The first-order valence-corrected chi connectivity index (χ1v) is 3.70. The fraction of sp³-hybridized carbons (Fsp3) is 0.625. The first-order chi connectivity index (χ1) is 5.24. The van der Waals surface area contributed by atoms with Crippen molar-refractivity contribution >= 4 is 23.0 Å². The van der Waals surface area contributed by atoms with Crippen LogP contribution >= 0.6 is 17.0 Å². The molecular weight excluding hydrogens is 222 g/mol. The van der Waals surface area contributed by atoms with E-state index in [2.05, 4.69) is 9.64 Å². The highest BCUT2D eigenvalue weighted by molar-refractivity contribution is 8.93. The minimum atomic E-state index is -0.198. The number of methoxy groups -OCH3 is 1. The molecule has 0 fully saturated rings. The van der Waals surface area contributed by atoms with Crippen LogP contribution in [0.5, 0.6) is 0 Å². The molecule has 0 radical (unpaired) electrons. The number of rotatable bonds is 1. The Morgan fingerprint density at radius 3 is 2.83 bits per heavy atom. The molecule has 1 aliphatic heterocycles. The average molecular weight is 236 g/mol.